The maximum atomic E-state index is 12.5. The predicted molar refractivity (Wildman–Crippen MR) is 97.6 cm³/mol. The van der Waals surface area contributed by atoms with Crippen molar-refractivity contribution in [2.45, 2.75) is 50.5 Å². The third-order valence-electron chi connectivity index (χ3n) is 4.62. The van der Waals surface area contributed by atoms with E-state index in [4.69, 9.17) is 4.74 Å². The molecule has 1 aromatic carbocycles. The third-order valence-corrected chi connectivity index (χ3v) is 5.31. The summed E-state index contributed by atoms with van der Waals surface area (Å²) in [5.74, 6) is 0.972. The largest absolute Gasteiger partial charge is 0.490 e. The molecule has 1 amide bonds. The van der Waals surface area contributed by atoms with Crippen LogP contribution in [0.4, 0.5) is 0 Å². The van der Waals surface area contributed by atoms with Crippen molar-refractivity contribution in [1.82, 2.24) is 5.32 Å². The number of carbonyl (C=O) groups is 1. The van der Waals surface area contributed by atoms with E-state index in [-0.39, 0.29) is 18.6 Å². The van der Waals surface area contributed by atoms with Crippen LogP contribution >= 0.6 is 0 Å². The molecule has 1 aromatic rings. The Morgan fingerprint density at radius 1 is 1.24 bits per heavy atom. The van der Waals surface area contributed by atoms with Crippen LogP contribution in [-0.2, 0) is 9.84 Å². The Kier molecular flexibility index (Phi) is 5.47. The van der Waals surface area contributed by atoms with Gasteiger partial charge in [0.05, 0.1) is 11.7 Å². The van der Waals surface area contributed by atoms with Crippen molar-refractivity contribution in [3.63, 3.8) is 0 Å². The third kappa shape index (κ3) is 5.33. The first-order valence-corrected chi connectivity index (χ1v) is 10.8. The molecule has 136 valence electrons. The van der Waals surface area contributed by atoms with E-state index in [1.54, 1.807) is 0 Å². The highest BCUT2D eigenvalue weighted by Gasteiger charge is 2.27. The number of benzene rings is 1. The molecule has 0 aliphatic heterocycles. The van der Waals surface area contributed by atoms with E-state index in [2.05, 4.69) is 5.32 Å². The minimum Gasteiger partial charge on any atom is -0.490 e. The molecule has 0 saturated heterocycles. The maximum Gasteiger partial charge on any atom is 0.255 e. The highest BCUT2D eigenvalue weighted by Crippen LogP contribution is 2.37. The van der Waals surface area contributed by atoms with Gasteiger partial charge in [-0.05, 0) is 49.3 Å². The van der Waals surface area contributed by atoms with Crippen LogP contribution in [0.1, 0.15) is 60.4 Å². The number of sulfone groups is 1. The molecule has 0 bridgehead atoms. The Morgan fingerprint density at radius 3 is 2.60 bits per heavy atom. The monoisotopic (exact) mass is 363 g/mol. The number of hydrogen-bond donors (Lipinski definition) is 1. The van der Waals surface area contributed by atoms with Crippen molar-refractivity contribution >= 4 is 15.7 Å². The van der Waals surface area contributed by atoms with E-state index >= 15 is 0 Å². The van der Waals surface area contributed by atoms with E-state index < -0.39 is 9.84 Å². The molecule has 0 heterocycles. The normalized spacial score (nSPS) is 18.6. The fourth-order valence-electron chi connectivity index (χ4n) is 3.17. The van der Waals surface area contributed by atoms with Crippen molar-refractivity contribution in [3.05, 3.63) is 40.8 Å². The second-order valence-electron chi connectivity index (χ2n) is 6.97. The Labute approximate surface area is 149 Å². The van der Waals surface area contributed by atoms with Crippen LogP contribution in [0.25, 0.3) is 0 Å². The molecule has 1 N–H and O–H groups in total. The van der Waals surface area contributed by atoms with E-state index in [1.165, 1.54) is 37.3 Å². The lowest BCUT2D eigenvalue weighted by molar-refractivity contribution is 0.0953. The number of nitrogens with one attached hydrogen (secondary N) is 1. The van der Waals surface area contributed by atoms with Crippen LogP contribution in [0.3, 0.4) is 0 Å². The van der Waals surface area contributed by atoms with Gasteiger partial charge in [-0.25, -0.2) is 8.42 Å². The van der Waals surface area contributed by atoms with E-state index in [0.29, 0.717) is 17.2 Å². The fourth-order valence-corrected chi connectivity index (χ4v) is 3.62. The van der Waals surface area contributed by atoms with Gasteiger partial charge in [-0.15, -0.1) is 0 Å². The van der Waals surface area contributed by atoms with E-state index in [0.717, 1.165) is 24.5 Å². The Morgan fingerprint density at radius 2 is 1.96 bits per heavy atom. The Hall–Kier alpha value is -1.82. The van der Waals surface area contributed by atoms with E-state index in [9.17, 15) is 13.2 Å². The second-order valence-corrected chi connectivity index (χ2v) is 8.90. The quantitative estimate of drug-likeness (QED) is 0.808. The summed E-state index contributed by atoms with van der Waals surface area (Å²) in [4.78, 5) is 12.5. The van der Waals surface area contributed by atoms with Crippen molar-refractivity contribution in [2.24, 2.45) is 0 Å². The Bertz CT molecular complexity index is 760. The van der Waals surface area contributed by atoms with Gasteiger partial charge in [0.1, 0.15) is 5.75 Å². The van der Waals surface area contributed by atoms with Crippen LogP contribution in [0, 0.1) is 0 Å². The lowest BCUT2D eigenvalue weighted by atomic mass is 9.96. The van der Waals surface area contributed by atoms with Gasteiger partial charge >= 0.3 is 0 Å². The standard InChI is InChI=1S/C19H25NO4S/c1-25(22,23)12-4-11-20-19(21)17-10-7-15(14-5-2-3-6-14)13-18(17)24-16-8-9-16/h4,7,10,12-14,16H,2-3,5-6,8-9,11H2,1H3,(H,20,21). The average molecular weight is 363 g/mol. The molecule has 0 atom stereocenters. The summed E-state index contributed by atoms with van der Waals surface area (Å²) in [6.45, 7) is 0.166. The topological polar surface area (TPSA) is 72.5 Å². The molecule has 0 aromatic heterocycles. The van der Waals surface area contributed by atoms with E-state index in [1.807, 2.05) is 18.2 Å². The van der Waals surface area contributed by atoms with Crippen LogP contribution in [0.15, 0.2) is 29.7 Å². The molecular formula is C19H25NO4S. The van der Waals surface area contributed by atoms with Crippen LogP contribution in [0.5, 0.6) is 5.75 Å². The molecule has 0 unspecified atom stereocenters. The van der Waals surface area contributed by atoms with Gasteiger partial charge < -0.3 is 10.1 Å². The zero-order chi connectivity index (χ0) is 17.9. The minimum absolute atomic E-state index is 0.166. The number of amides is 1. The zero-order valence-electron chi connectivity index (χ0n) is 14.5. The summed E-state index contributed by atoms with van der Waals surface area (Å²) in [5, 5.41) is 3.82. The predicted octanol–water partition coefficient (Wildman–Crippen LogP) is 3.17. The van der Waals surface area contributed by atoms with Crippen LogP contribution in [-0.4, -0.2) is 33.2 Å². The molecule has 5 nitrogen and oxygen atoms in total. The highest BCUT2D eigenvalue weighted by molar-refractivity contribution is 7.93. The highest BCUT2D eigenvalue weighted by atomic mass is 32.2. The first-order chi connectivity index (χ1) is 11.9. The first-order valence-electron chi connectivity index (χ1n) is 8.88. The molecule has 2 fully saturated rings. The molecule has 6 heteroatoms. The number of hydrogen-bond acceptors (Lipinski definition) is 4. The van der Waals surface area contributed by atoms with Gasteiger partial charge in [0.25, 0.3) is 5.91 Å². The SMILES string of the molecule is CS(=O)(=O)C=CCNC(=O)c1ccc(C2CCCC2)cc1OC1CC1. The smallest absolute Gasteiger partial charge is 0.255 e. The molecule has 2 aliphatic rings. The molecule has 0 radical (unpaired) electrons. The summed E-state index contributed by atoms with van der Waals surface area (Å²) < 4.78 is 28.1. The molecule has 3 rings (SSSR count). The average Bonchev–Trinajstić information content (AvgIpc) is 3.20. The van der Waals surface area contributed by atoms with Gasteiger partial charge in [-0.2, -0.15) is 0 Å². The van der Waals surface area contributed by atoms with Gasteiger partial charge in [0.2, 0.25) is 0 Å². The van der Waals surface area contributed by atoms with Crippen molar-refractivity contribution in [1.29, 1.82) is 0 Å². The van der Waals surface area contributed by atoms with Crippen LogP contribution in [0.2, 0.25) is 0 Å². The van der Waals surface area contributed by atoms with Crippen molar-refractivity contribution in [3.8, 4) is 5.75 Å². The molecular weight excluding hydrogens is 338 g/mol. The van der Waals surface area contributed by atoms with Crippen molar-refractivity contribution in [2.75, 3.05) is 12.8 Å². The van der Waals surface area contributed by atoms with Gasteiger partial charge in [0, 0.05) is 18.2 Å². The summed E-state index contributed by atoms with van der Waals surface area (Å²) in [6.07, 6.45) is 9.76. The first kappa shape index (κ1) is 18.0. The number of carbonyl (C=O) groups excluding carboxylic acids is 1. The molecule has 0 spiro atoms. The zero-order valence-corrected chi connectivity index (χ0v) is 15.3. The molecule has 25 heavy (non-hydrogen) atoms. The lowest BCUT2D eigenvalue weighted by Gasteiger charge is -2.15. The Balaban J connectivity index is 1.72. The lowest BCUT2D eigenvalue weighted by Crippen LogP contribution is -2.24. The minimum atomic E-state index is -3.17. The van der Waals surface area contributed by atoms with Gasteiger partial charge in [-0.1, -0.05) is 25.0 Å². The molecule has 2 aliphatic carbocycles. The summed E-state index contributed by atoms with van der Waals surface area (Å²) >= 11 is 0. The van der Waals surface area contributed by atoms with Gasteiger partial charge in [-0.3, -0.25) is 4.79 Å². The number of ether oxygens (including phenoxy) is 1. The fraction of sp³-hybridized carbons (Fsp3) is 0.526. The summed E-state index contributed by atoms with van der Waals surface area (Å²) in [6, 6.07) is 5.88. The maximum absolute atomic E-state index is 12.5. The second kappa shape index (κ2) is 7.60. The van der Waals surface area contributed by atoms with Gasteiger partial charge in [0.15, 0.2) is 9.84 Å². The summed E-state index contributed by atoms with van der Waals surface area (Å²) in [5.41, 5.74) is 1.77. The molecule has 2 saturated carbocycles. The number of rotatable bonds is 7. The van der Waals surface area contributed by atoms with Crippen molar-refractivity contribution < 1.29 is 17.9 Å². The summed E-state index contributed by atoms with van der Waals surface area (Å²) in [7, 11) is -3.17. The van der Waals surface area contributed by atoms with Crippen LogP contribution < -0.4 is 10.1 Å².